The van der Waals surface area contributed by atoms with Crippen LogP contribution in [0.3, 0.4) is 0 Å². The van der Waals surface area contributed by atoms with Crippen LogP contribution in [0.25, 0.3) is 0 Å². The SMILES string of the molecule is CC(=O)O[C@H]1C[C@H](O[C@H]2[C@@H](O)C[C@H](O[C@H]3[C@@H](O)C[C@H](O[C@H]4CC[C@@]5(C)[C@H](CC[C@H]6[C@H]5CC[C@]5(C)[C@@H](C7=CC(=O)OC7)[C@@H](O)C[C@]65O)C4)O[C@@H]3C)O[C@@H]2C)O[C@H](C)[C@H]1O[C@@H]1O[C@H](CO)[C@@H](O)[C@H](O)[C@H]1O. The summed E-state index contributed by atoms with van der Waals surface area (Å²) in [6.45, 7) is 10.4. The summed E-state index contributed by atoms with van der Waals surface area (Å²) in [5.41, 5.74) is -0.809. The van der Waals surface area contributed by atoms with Crippen LogP contribution in [0.4, 0.5) is 0 Å². The molecule has 20 nitrogen and oxygen atoms in total. The number of fused-ring (bicyclic) bond motifs is 5. The molecule has 4 saturated carbocycles. The maximum atomic E-state index is 12.6. The fraction of sp³-hybridized carbons (Fsp3) is 0.918. The Morgan fingerprint density at radius 1 is 0.710 bits per heavy atom. The zero-order valence-electron chi connectivity index (χ0n) is 40.5. The Morgan fingerprint density at radius 3 is 1.93 bits per heavy atom. The first kappa shape index (κ1) is 51.9. The minimum absolute atomic E-state index is 0.000687. The lowest BCUT2D eigenvalue weighted by Crippen LogP contribution is -2.62. The lowest BCUT2D eigenvalue weighted by atomic mass is 9.43. The minimum Gasteiger partial charge on any atom is -0.459 e. The highest BCUT2D eigenvalue weighted by atomic mass is 16.8. The summed E-state index contributed by atoms with van der Waals surface area (Å²) in [6.07, 6.45) is -10.8. The molecule has 8 fully saturated rings. The van der Waals surface area contributed by atoms with Crippen LogP contribution in [0.5, 0.6) is 0 Å². The Morgan fingerprint density at radius 2 is 1.33 bits per heavy atom. The van der Waals surface area contributed by atoms with Gasteiger partial charge in [0.25, 0.3) is 0 Å². The van der Waals surface area contributed by atoms with Gasteiger partial charge in [-0.05, 0) is 94.5 Å². The number of hydrogen-bond donors (Lipinski definition) is 8. The minimum atomic E-state index is -1.68. The van der Waals surface area contributed by atoms with E-state index in [1.165, 1.54) is 13.0 Å². The summed E-state index contributed by atoms with van der Waals surface area (Å²) in [6, 6.07) is 0. The van der Waals surface area contributed by atoms with Gasteiger partial charge in [0, 0.05) is 50.0 Å². The Labute approximate surface area is 402 Å². The Hall–Kier alpha value is -1.96. The first-order chi connectivity index (χ1) is 32.6. The van der Waals surface area contributed by atoms with E-state index < -0.39 is 134 Å². The molecule has 0 spiro atoms. The molecule has 392 valence electrons. The van der Waals surface area contributed by atoms with Gasteiger partial charge in [0.1, 0.15) is 55.4 Å². The van der Waals surface area contributed by atoms with Crippen LogP contribution >= 0.6 is 0 Å². The molecule has 5 heterocycles. The molecule has 8 N–H and O–H groups in total. The lowest BCUT2D eigenvalue weighted by Gasteiger charge is -2.63. The smallest absolute Gasteiger partial charge is 0.331 e. The second-order valence-electron chi connectivity index (χ2n) is 22.3. The van der Waals surface area contributed by atoms with Crippen LogP contribution in [0.2, 0.25) is 0 Å². The molecule has 9 aliphatic rings. The third kappa shape index (κ3) is 9.59. The van der Waals surface area contributed by atoms with Gasteiger partial charge < -0.3 is 88.2 Å². The lowest BCUT2D eigenvalue weighted by molar-refractivity contribution is -0.355. The first-order valence-electron chi connectivity index (χ1n) is 25.3. The van der Waals surface area contributed by atoms with Crippen molar-refractivity contribution in [2.45, 2.75) is 234 Å². The predicted molar refractivity (Wildman–Crippen MR) is 235 cm³/mol. The van der Waals surface area contributed by atoms with Crippen molar-refractivity contribution in [1.29, 1.82) is 0 Å². The molecule has 0 unspecified atom stereocenters. The van der Waals surface area contributed by atoms with Crippen LogP contribution in [0, 0.1) is 34.5 Å². The molecule has 26 atom stereocenters. The largest absolute Gasteiger partial charge is 0.459 e. The third-order valence-electron chi connectivity index (χ3n) is 18.2. The van der Waals surface area contributed by atoms with Gasteiger partial charge >= 0.3 is 11.9 Å². The number of aliphatic hydroxyl groups excluding tert-OH is 7. The van der Waals surface area contributed by atoms with Crippen molar-refractivity contribution < 1.29 is 97.8 Å². The highest BCUT2D eigenvalue weighted by Crippen LogP contribution is 2.70. The second kappa shape index (κ2) is 20.0. The summed E-state index contributed by atoms with van der Waals surface area (Å²) in [7, 11) is 0. The molecule has 0 radical (unpaired) electrons. The number of hydrogen-bond acceptors (Lipinski definition) is 20. The van der Waals surface area contributed by atoms with Crippen molar-refractivity contribution in [2.75, 3.05) is 13.2 Å². The van der Waals surface area contributed by atoms with Gasteiger partial charge in [-0.1, -0.05) is 13.8 Å². The average Bonchev–Trinajstić information content (AvgIpc) is 3.79. The number of ether oxygens (including phenoxy) is 10. The van der Waals surface area contributed by atoms with E-state index in [0.717, 1.165) is 50.5 Å². The van der Waals surface area contributed by atoms with E-state index in [0.29, 0.717) is 18.3 Å². The van der Waals surface area contributed by atoms with Gasteiger partial charge in [-0.25, -0.2) is 4.79 Å². The fourth-order valence-electron chi connectivity index (χ4n) is 14.7. The molecule has 0 aromatic heterocycles. The zero-order chi connectivity index (χ0) is 49.5. The van der Waals surface area contributed by atoms with E-state index in [1.807, 2.05) is 6.92 Å². The number of esters is 2. The second-order valence-corrected chi connectivity index (χ2v) is 22.3. The normalized spacial score (nSPS) is 53.3. The van der Waals surface area contributed by atoms with E-state index in [4.69, 9.17) is 47.4 Å². The molecule has 20 heteroatoms. The van der Waals surface area contributed by atoms with E-state index in [2.05, 4.69) is 13.8 Å². The van der Waals surface area contributed by atoms with Crippen molar-refractivity contribution in [2.24, 2.45) is 34.5 Å². The molecule has 69 heavy (non-hydrogen) atoms. The van der Waals surface area contributed by atoms with Crippen LogP contribution in [0.15, 0.2) is 11.6 Å². The van der Waals surface area contributed by atoms with Crippen LogP contribution in [-0.4, -0.2) is 188 Å². The van der Waals surface area contributed by atoms with E-state index in [-0.39, 0.29) is 55.2 Å². The summed E-state index contributed by atoms with van der Waals surface area (Å²) < 4.78 is 60.1. The zero-order valence-corrected chi connectivity index (χ0v) is 40.5. The van der Waals surface area contributed by atoms with Gasteiger partial charge in [0.05, 0.1) is 54.9 Å². The summed E-state index contributed by atoms with van der Waals surface area (Å²) >= 11 is 0. The van der Waals surface area contributed by atoms with E-state index in [1.54, 1.807) is 13.8 Å². The van der Waals surface area contributed by atoms with Crippen molar-refractivity contribution in [3.05, 3.63) is 11.6 Å². The van der Waals surface area contributed by atoms with Gasteiger partial charge in [0.2, 0.25) is 0 Å². The maximum absolute atomic E-state index is 12.6. The number of aliphatic hydroxyl groups is 8. The molecule has 0 aromatic rings. The van der Waals surface area contributed by atoms with Gasteiger partial charge in [0.15, 0.2) is 25.2 Å². The number of rotatable bonds is 11. The highest BCUT2D eigenvalue weighted by Gasteiger charge is 2.70. The van der Waals surface area contributed by atoms with Gasteiger partial charge in [-0.3, -0.25) is 4.79 Å². The quantitative estimate of drug-likeness (QED) is 0.104. The van der Waals surface area contributed by atoms with Gasteiger partial charge in [-0.2, -0.15) is 0 Å². The molecule has 0 bridgehead atoms. The fourth-order valence-corrected chi connectivity index (χ4v) is 14.7. The topological polar surface area (TPSA) is 288 Å². The number of carbonyl (C=O) groups excluding carboxylic acids is 2. The molecule has 0 amide bonds. The average molecular weight is 985 g/mol. The van der Waals surface area contributed by atoms with Crippen molar-refractivity contribution >= 4 is 11.9 Å². The maximum Gasteiger partial charge on any atom is 0.331 e. The molecule has 9 rings (SSSR count). The number of cyclic esters (lactones) is 1. The van der Waals surface area contributed by atoms with Crippen LogP contribution < -0.4 is 0 Å². The van der Waals surface area contributed by atoms with Crippen molar-refractivity contribution in [1.82, 2.24) is 0 Å². The molecule has 0 aromatic carbocycles. The third-order valence-corrected chi connectivity index (χ3v) is 18.2. The number of carbonyl (C=O) groups is 2. The predicted octanol–water partition coefficient (Wildman–Crippen LogP) is 0.613. The van der Waals surface area contributed by atoms with Gasteiger partial charge in [-0.15, -0.1) is 0 Å². The Kier molecular flexibility index (Phi) is 15.1. The molecular formula is C49H76O20. The monoisotopic (exact) mass is 984 g/mol. The standard InChI is InChI=1S/C49H76O20/c1-21-43(67-37-16-31(53)44(22(2)62-37)68-38-17-33(64-24(4)51)45(23(3)63-38)69-46-42(58)41(57)40(56)34(19-50)66-46)30(52)15-36(61-21)65-27-9-11-47(5)26(14-27)7-8-29-28(47)10-12-48(6)39(25-13-35(55)60-20-25)32(54)18-49(29,48)59/h13,21-23,26-34,36-46,50,52-54,56-59H,7-12,14-20H2,1-6H3/t21-,22-,23-,26-,27+,28-,29+,30+,31+,32+,33+,34-,36+,37+,38+,39+,40-,41+,42-,43-,44-,45-,46+,47+,48-,49+/m1/s1. The van der Waals surface area contributed by atoms with E-state index in [9.17, 15) is 50.4 Å². The summed E-state index contributed by atoms with van der Waals surface area (Å²) in [5, 5.41) is 87.5. The summed E-state index contributed by atoms with van der Waals surface area (Å²) in [5.74, 6) is -0.609. The molecule has 5 aliphatic heterocycles. The van der Waals surface area contributed by atoms with Crippen molar-refractivity contribution in [3.8, 4) is 0 Å². The molecule has 4 saturated heterocycles. The Bertz CT molecular complexity index is 1850. The summed E-state index contributed by atoms with van der Waals surface area (Å²) in [4.78, 5) is 24.2. The molecular weight excluding hydrogens is 909 g/mol. The van der Waals surface area contributed by atoms with Crippen molar-refractivity contribution in [3.63, 3.8) is 0 Å². The van der Waals surface area contributed by atoms with E-state index >= 15 is 0 Å². The first-order valence-corrected chi connectivity index (χ1v) is 25.3. The highest BCUT2D eigenvalue weighted by molar-refractivity contribution is 5.85. The van der Waals surface area contributed by atoms with Crippen LogP contribution in [0.1, 0.15) is 112 Å². The molecule has 4 aliphatic carbocycles. The Balaban J connectivity index is 0.749. The van der Waals surface area contributed by atoms with Crippen LogP contribution in [-0.2, 0) is 57.0 Å².